The molecule has 0 radical (unpaired) electrons. The fourth-order valence-corrected chi connectivity index (χ4v) is 5.64. The fourth-order valence-electron chi connectivity index (χ4n) is 5.64. The SMILES string of the molecule is COc1ccc([C@@H]2CC(=O)C3=C(C2)NC(C)=C(C(=O)Nc2ccc(C)cc2)[C@H]3c2ccc([N+](=O)[O-])cc2)cc1OC. The van der Waals surface area contributed by atoms with Gasteiger partial charge in [-0.2, -0.15) is 0 Å². The van der Waals surface area contributed by atoms with Gasteiger partial charge in [0.1, 0.15) is 0 Å². The van der Waals surface area contributed by atoms with Crippen LogP contribution in [0.5, 0.6) is 11.5 Å². The molecule has 2 N–H and O–H groups in total. The van der Waals surface area contributed by atoms with Crippen LogP contribution >= 0.6 is 0 Å². The van der Waals surface area contributed by atoms with E-state index in [1.807, 2.05) is 56.3 Å². The highest BCUT2D eigenvalue weighted by Crippen LogP contribution is 2.46. The summed E-state index contributed by atoms with van der Waals surface area (Å²) in [7, 11) is 3.15. The number of ketones is 1. The molecule has 0 aromatic heterocycles. The molecule has 1 aliphatic carbocycles. The molecule has 0 fully saturated rings. The summed E-state index contributed by atoms with van der Waals surface area (Å²) in [6.45, 7) is 3.78. The summed E-state index contributed by atoms with van der Waals surface area (Å²) in [4.78, 5) is 38.5. The molecule has 3 aromatic rings. The fraction of sp³-hybridized carbons (Fsp3) is 0.250. The Kier molecular flexibility index (Phi) is 7.61. The van der Waals surface area contributed by atoms with E-state index in [-0.39, 0.29) is 29.7 Å². The molecule has 1 amide bonds. The summed E-state index contributed by atoms with van der Waals surface area (Å²) in [6.07, 6.45) is 0.787. The van der Waals surface area contributed by atoms with Crippen LogP contribution in [0.2, 0.25) is 0 Å². The number of nitro groups is 1. The summed E-state index contributed by atoms with van der Waals surface area (Å²) < 4.78 is 10.8. The average molecular weight is 554 g/mol. The molecule has 210 valence electrons. The van der Waals surface area contributed by atoms with Gasteiger partial charge in [0.25, 0.3) is 11.6 Å². The van der Waals surface area contributed by atoms with Gasteiger partial charge in [0.15, 0.2) is 17.3 Å². The van der Waals surface area contributed by atoms with Crippen LogP contribution in [-0.2, 0) is 9.59 Å². The van der Waals surface area contributed by atoms with E-state index in [0.29, 0.717) is 46.0 Å². The van der Waals surface area contributed by atoms with Gasteiger partial charge in [-0.05, 0) is 61.6 Å². The van der Waals surface area contributed by atoms with Crippen LogP contribution < -0.4 is 20.1 Å². The lowest BCUT2D eigenvalue weighted by Crippen LogP contribution is -2.37. The quantitative estimate of drug-likeness (QED) is 0.275. The second kappa shape index (κ2) is 11.3. The number of methoxy groups -OCH3 is 2. The molecule has 2 aliphatic rings. The van der Waals surface area contributed by atoms with Gasteiger partial charge >= 0.3 is 0 Å². The zero-order chi connectivity index (χ0) is 29.3. The molecule has 9 nitrogen and oxygen atoms in total. The number of nitrogens with one attached hydrogen (secondary N) is 2. The van der Waals surface area contributed by atoms with E-state index in [9.17, 15) is 19.7 Å². The number of ether oxygens (including phenoxy) is 2. The minimum absolute atomic E-state index is 0.0632. The van der Waals surface area contributed by atoms with E-state index >= 15 is 0 Å². The third-order valence-electron chi connectivity index (χ3n) is 7.70. The second-order valence-corrected chi connectivity index (χ2v) is 10.3. The molecule has 0 saturated heterocycles. The number of benzene rings is 3. The van der Waals surface area contributed by atoms with Crippen LogP contribution in [0, 0.1) is 17.0 Å². The van der Waals surface area contributed by atoms with Gasteiger partial charge in [0.2, 0.25) is 0 Å². The van der Waals surface area contributed by atoms with E-state index in [1.54, 1.807) is 26.4 Å². The molecule has 0 saturated carbocycles. The van der Waals surface area contributed by atoms with Crippen molar-refractivity contribution in [1.82, 2.24) is 5.32 Å². The number of non-ortho nitro benzene ring substituents is 1. The molecule has 0 spiro atoms. The van der Waals surface area contributed by atoms with Crippen molar-refractivity contribution < 1.29 is 24.0 Å². The van der Waals surface area contributed by atoms with Crippen molar-refractivity contribution in [3.63, 3.8) is 0 Å². The van der Waals surface area contributed by atoms with E-state index < -0.39 is 10.8 Å². The van der Waals surface area contributed by atoms with Gasteiger partial charge in [-0.1, -0.05) is 35.9 Å². The zero-order valence-electron chi connectivity index (χ0n) is 23.3. The number of carbonyl (C=O) groups excluding carboxylic acids is 2. The number of hydrogen-bond acceptors (Lipinski definition) is 7. The van der Waals surface area contributed by atoms with E-state index in [2.05, 4.69) is 10.6 Å². The zero-order valence-corrected chi connectivity index (χ0v) is 23.3. The molecular formula is C32H31N3O6. The van der Waals surface area contributed by atoms with Crippen LogP contribution in [0.3, 0.4) is 0 Å². The number of Topliss-reactive ketones (excluding diaryl/α,β-unsaturated/α-hetero) is 1. The van der Waals surface area contributed by atoms with Gasteiger partial charge < -0.3 is 20.1 Å². The summed E-state index contributed by atoms with van der Waals surface area (Å²) in [5.74, 6) is -0.0317. The van der Waals surface area contributed by atoms with Gasteiger partial charge in [-0.25, -0.2) is 0 Å². The summed E-state index contributed by atoms with van der Waals surface area (Å²) in [6, 6.07) is 19.2. The number of nitro benzene ring substituents is 1. The smallest absolute Gasteiger partial charge is 0.269 e. The molecule has 0 unspecified atom stereocenters. The Hall–Kier alpha value is -4.92. The molecule has 0 bridgehead atoms. The molecule has 9 heteroatoms. The normalized spacial score (nSPS) is 18.4. The Bertz CT molecular complexity index is 1590. The van der Waals surface area contributed by atoms with Gasteiger partial charge in [-0.3, -0.25) is 19.7 Å². The van der Waals surface area contributed by atoms with Crippen molar-refractivity contribution in [2.75, 3.05) is 19.5 Å². The highest BCUT2D eigenvalue weighted by atomic mass is 16.6. The molecule has 1 aliphatic heterocycles. The number of allylic oxidation sites excluding steroid dienone is 3. The highest BCUT2D eigenvalue weighted by molar-refractivity contribution is 6.10. The first kappa shape index (κ1) is 27.6. The van der Waals surface area contributed by atoms with Crippen molar-refractivity contribution in [3.8, 4) is 11.5 Å². The number of aryl methyl sites for hydroxylation is 1. The minimum Gasteiger partial charge on any atom is -0.493 e. The predicted molar refractivity (Wildman–Crippen MR) is 155 cm³/mol. The topological polar surface area (TPSA) is 120 Å². The number of hydrogen-bond donors (Lipinski definition) is 2. The number of nitrogens with zero attached hydrogens (tertiary/aromatic N) is 1. The van der Waals surface area contributed by atoms with Crippen molar-refractivity contribution in [3.05, 3.63) is 116 Å². The Morgan fingerprint density at radius 1 is 0.927 bits per heavy atom. The maximum Gasteiger partial charge on any atom is 0.269 e. The molecular weight excluding hydrogens is 522 g/mol. The number of rotatable bonds is 7. The molecule has 5 rings (SSSR count). The first-order valence-electron chi connectivity index (χ1n) is 13.3. The first-order valence-corrected chi connectivity index (χ1v) is 13.3. The second-order valence-electron chi connectivity index (χ2n) is 10.3. The molecule has 41 heavy (non-hydrogen) atoms. The van der Waals surface area contributed by atoms with Crippen LogP contribution in [0.1, 0.15) is 48.3 Å². The van der Waals surface area contributed by atoms with Crippen molar-refractivity contribution in [2.45, 2.75) is 38.5 Å². The molecule has 3 aromatic carbocycles. The lowest BCUT2D eigenvalue weighted by Gasteiger charge is -2.37. The van der Waals surface area contributed by atoms with E-state index in [1.165, 1.54) is 12.1 Å². The van der Waals surface area contributed by atoms with Crippen LogP contribution in [0.15, 0.2) is 89.3 Å². The number of anilines is 1. The van der Waals surface area contributed by atoms with Gasteiger partial charge in [0, 0.05) is 52.7 Å². The number of amides is 1. The maximum atomic E-state index is 13.9. The van der Waals surface area contributed by atoms with E-state index in [0.717, 1.165) is 16.8 Å². The lowest BCUT2D eigenvalue weighted by atomic mass is 9.71. The third kappa shape index (κ3) is 5.43. The average Bonchev–Trinajstić information content (AvgIpc) is 2.97. The van der Waals surface area contributed by atoms with Crippen molar-refractivity contribution >= 4 is 23.1 Å². The Balaban J connectivity index is 1.55. The number of dihydropyridines is 1. The summed E-state index contributed by atoms with van der Waals surface area (Å²) in [5, 5.41) is 17.6. The van der Waals surface area contributed by atoms with Gasteiger partial charge in [-0.15, -0.1) is 0 Å². The standard InChI is InChI=1S/C32H31N3O6/c1-18-5-10-23(11-6-18)34-32(37)29-19(2)33-25-15-22(21-9-14-27(40-3)28(17-21)41-4)16-26(36)31(25)30(29)20-7-12-24(13-8-20)35(38)39/h5-14,17,22,30,33H,15-16H2,1-4H3,(H,34,37)/t22-,30+/m0/s1. The Labute approximate surface area is 238 Å². The Morgan fingerprint density at radius 2 is 1.59 bits per heavy atom. The van der Waals surface area contributed by atoms with Crippen LogP contribution in [-0.4, -0.2) is 30.8 Å². The third-order valence-corrected chi connectivity index (χ3v) is 7.70. The van der Waals surface area contributed by atoms with Crippen molar-refractivity contribution in [2.24, 2.45) is 0 Å². The number of carbonyl (C=O) groups is 2. The minimum atomic E-state index is -0.684. The maximum absolute atomic E-state index is 13.9. The molecule has 1 heterocycles. The lowest BCUT2D eigenvalue weighted by molar-refractivity contribution is -0.384. The van der Waals surface area contributed by atoms with Crippen LogP contribution in [0.4, 0.5) is 11.4 Å². The highest BCUT2D eigenvalue weighted by Gasteiger charge is 2.41. The monoisotopic (exact) mass is 553 g/mol. The first-order chi connectivity index (χ1) is 19.7. The van der Waals surface area contributed by atoms with Gasteiger partial charge in [0.05, 0.1) is 19.1 Å². The largest absolute Gasteiger partial charge is 0.493 e. The predicted octanol–water partition coefficient (Wildman–Crippen LogP) is 5.92. The van der Waals surface area contributed by atoms with Crippen molar-refractivity contribution in [1.29, 1.82) is 0 Å². The Morgan fingerprint density at radius 3 is 2.22 bits per heavy atom. The van der Waals surface area contributed by atoms with Crippen LogP contribution in [0.25, 0.3) is 0 Å². The molecule has 2 atom stereocenters. The summed E-state index contributed by atoms with van der Waals surface area (Å²) in [5.41, 5.74) is 5.49. The summed E-state index contributed by atoms with van der Waals surface area (Å²) >= 11 is 0. The van der Waals surface area contributed by atoms with E-state index in [4.69, 9.17) is 9.47 Å².